The number of rotatable bonds is 6. The molecule has 0 aliphatic heterocycles. The van der Waals surface area contributed by atoms with Gasteiger partial charge in [-0.15, -0.1) is 0 Å². The number of carbonyl (C=O) groups is 1. The molecule has 3 aromatic heterocycles. The molecule has 0 saturated carbocycles. The Labute approximate surface area is 169 Å². The Morgan fingerprint density at radius 2 is 1.86 bits per heavy atom. The zero-order chi connectivity index (χ0) is 20.2. The zero-order valence-electron chi connectivity index (χ0n) is 16.4. The monoisotopic (exact) mass is 386 g/mol. The van der Waals surface area contributed by atoms with Gasteiger partial charge >= 0.3 is 0 Å². The van der Waals surface area contributed by atoms with Crippen LogP contribution in [0.3, 0.4) is 0 Å². The normalized spacial score (nSPS) is 10.8. The number of ether oxygens (including phenoxy) is 1. The highest BCUT2D eigenvalue weighted by Crippen LogP contribution is 2.16. The average molecular weight is 386 g/mol. The maximum atomic E-state index is 12.6. The van der Waals surface area contributed by atoms with Gasteiger partial charge in [-0.3, -0.25) is 9.78 Å². The van der Waals surface area contributed by atoms with Gasteiger partial charge in [-0.25, -0.2) is 4.98 Å². The summed E-state index contributed by atoms with van der Waals surface area (Å²) in [7, 11) is 1.77. The standard InChI is InChI=1S/C23H22N4O2/c1-17-6-11-22-25-20(15-27(22)13-17)16-29-21-9-7-18(8-10-21)23(28)26(2)14-19-5-3-4-12-24-19/h3-13,15H,14,16H2,1-2H3. The number of aromatic nitrogens is 3. The van der Waals surface area contributed by atoms with Crippen molar-refractivity contribution in [1.82, 2.24) is 19.3 Å². The minimum absolute atomic E-state index is 0.0575. The van der Waals surface area contributed by atoms with Gasteiger partial charge in [0.15, 0.2) is 0 Å². The summed E-state index contributed by atoms with van der Waals surface area (Å²) < 4.78 is 7.83. The summed E-state index contributed by atoms with van der Waals surface area (Å²) in [5.41, 5.74) is 4.39. The summed E-state index contributed by atoms with van der Waals surface area (Å²) in [6.07, 6.45) is 5.73. The van der Waals surface area contributed by atoms with Crippen molar-refractivity contribution in [2.24, 2.45) is 0 Å². The number of aryl methyl sites for hydroxylation is 1. The van der Waals surface area contributed by atoms with Crippen molar-refractivity contribution in [1.29, 1.82) is 0 Å². The van der Waals surface area contributed by atoms with Crippen molar-refractivity contribution in [2.45, 2.75) is 20.1 Å². The Bertz CT molecular complexity index is 1120. The largest absolute Gasteiger partial charge is 0.487 e. The minimum atomic E-state index is -0.0575. The molecule has 6 heteroatoms. The second kappa shape index (κ2) is 8.14. The summed E-state index contributed by atoms with van der Waals surface area (Å²) >= 11 is 0. The van der Waals surface area contributed by atoms with Gasteiger partial charge in [0, 0.05) is 31.2 Å². The number of fused-ring (bicyclic) bond motifs is 1. The van der Waals surface area contributed by atoms with Gasteiger partial charge in [-0.2, -0.15) is 0 Å². The highest BCUT2D eigenvalue weighted by atomic mass is 16.5. The highest BCUT2D eigenvalue weighted by molar-refractivity contribution is 5.94. The van der Waals surface area contributed by atoms with Gasteiger partial charge in [-0.05, 0) is 55.0 Å². The molecule has 146 valence electrons. The van der Waals surface area contributed by atoms with Crippen LogP contribution in [0.25, 0.3) is 5.65 Å². The number of carbonyl (C=O) groups excluding carboxylic acids is 1. The first kappa shape index (κ1) is 18.7. The molecule has 6 nitrogen and oxygen atoms in total. The third-order valence-electron chi connectivity index (χ3n) is 4.61. The first-order chi connectivity index (χ1) is 14.1. The van der Waals surface area contributed by atoms with Crippen molar-refractivity contribution in [3.63, 3.8) is 0 Å². The fourth-order valence-electron chi connectivity index (χ4n) is 3.10. The van der Waals surface area contributed by atoms with Crippen LogP contribution in [0, 0.1) is 6.92 Å². The van der Waals surface area contributed by atoms with Crippen LogP contribution in [0.15, 0.2) is 73.2 Å². The fourth-order valence-corrected chi connectivity index (χ4v) is 3.10. The molecule has 0 N–H and O–H groups in total. The summed E-state index contributed by atoms with van der Waals surface area (Å²) in [6, 6.07) is 16.9. The molecule has 0 atom stereocenters. The van der Waals surface area contributed by atoms with E-state index in [1.807, 2.05) is 66.2 Å². The summed E-state index contributed by atoms with van der Waals surface area (Å²) in [5.74, 6) is 0.639. The molecule has 0 radical (unpaired) electrons. The average Bonchev–Trinajstić information content (AvgIpc) is 3.15. The molecule has 0 spiro atoms. The lowest BCUT2D eigenvalue weighted by molar-refractivity contribution is 0.0783. The van der Waals surface area contributed by atoms with Crippen molar-refractivity contribution in [3.8, 4) is 5.75 Å². The first-order valence-corrected chi connectivity index (χ1v) is 9.41. The molecule has 0 aliphatic rings. The lowest BCUT2D eigenvalue weighted by atomic mass is 10.2. The Morgan fingerprint density at radius 3 is 2.62 bits per heavy atom. The van der Waals surface area contributed by atoms with E-state index >= 15 is 0 Å². The maximum absolute atomic E-state index is 12.6. The third kappa shape index (κ3) is 4.43. The van der Waals surface area contributed by atoms with Crippen molar-refractivity contribution in [2.75, 3.05) is 7.05 Å². The van der Waals surface area contributed by atoms with Crippen LogP contribution < -0.4 is 4.74 Å². The Kier molecular flexibility index (Phi) is 5.24. The summed E-state index contributed by atoms with van der Waals surface area (Å²) in [6.45, 7) is 2.88. The van der Waals surface area contributed by atoms with Crippen molar-refractivity contribution < 1.29 is 9.53 Å². The summed E-state index contributed by atoms with van der Waals surface area (Å²) in [5, 5.41) is 0. The molecule has 4 aromatic rings. The van der Waals surface area contributed by atoms with Crippen LogP contribution in [0.1, 0.15) is 27.3 Å². The molecule has 1 aromatic carbocycles. The van der Waals surface area contributed by atoms with E-state index < -0.39 is 0 Å². The van der Waals surface area contributed by atoms with Crippen LogP contribution in [-0.2, 0) is 13.2 Å². The topological polar surface area (TPSA) is 59.7 Å². The van der Waals surface area contributed by atoms with Crippen LogP contribution in [0.5, 0.6) is 5.75 Å². The minimum Gasteiger partial charge on any atom is -0.487 e. The summed E-state index contributed by atoms with van der Waals surface area (Å²) in [4.78, 5) is 23.1. The van der Waals surface area contributed by atoms with Gasteiger partial charge in [0.2, 0.25) is 0 Å². The lowest BCUT2D eigenvalue weighted by Gasteiger charge is -2.17. The van der Waals surface area contributed by atoms with E-state index in [1.54, 1.807) is 30.3 Å². The molecule has 0 fully saturated rings. The SMILES string of the molecule is Cc1ccc2nc(COc3ccc(C(=O)N(C)Cc4ccccn4)cc3)cn2c1. The third-order valence-corrected chi connectivity index (χ3v) is 4.61. The molecular weight excluding hydrogens is 364 g/mol. The Balaban J connectivity index is 1.37. The van der Waals surface area contributed by atoms with Gasteiger partial charge < -0.3 is 14.0 Å². The van der Waals surface area contributed by atoms with E-state index in [1.165, 1.54) is 5.56 Å². The van der Waals surface area contributed by atoms with E-state index in [9.17, 15) is 4.79 Å². The van der Waals surface area contributed by atoms with Crippen molar-refractivity contribution in [3.05, 3.63) is 95.7 Å². The van der Waals surface area contributed by atoms with Gasteiger partial charge in [0.25, 0.3) is 5.91 Å². The number of nitrogens with zero attached hydrogens (tertiary/aromatic N) is 4. The zero-order valence-corrected chi connectivity index (χ0v) is 16.4. The smallest absolute Gasteiger partial charge is 0.253 e. The van der Waals surface area contributed by atoms with E-state index in [4.69, 9.17) is 4.74 Å². The molecule has 0 bridgehead atoms. The number of benzene rings is 1. The molecule has 0 aliphatic carbocycles. The lowest BCUT2D eigenvalue weighted by Crippen LogP contribution is -2.26. The molecule has 29 heavy (non-hydrogen) atoms. The van der Waals surface area contributed by atoms with Crippen LogP contribution >= 0.6 is 0 Å². The van der Waals surface area contributed by atoms with Crippen LogP contribution in [0.2, 0.25) is 0 Å². The molecule has 3 heterocycles. The number of hydrogen-bond donors (Lipinski definition) is 0. The second-order valence-electron chi connectivity index (χ2n) is 7.00. The van der Waals surface area contributed by atoms with E-state index in [2.05, 4.69) is 9.97 Å². The molecular formula is C23H22N4O2. The number of hydrogen-bond acceptors (Lipinski definition) is 4. The van der Waals surface area contributed by atoms with E-state index in [0.29, 0.717) is 24.5 Å². The predicted octanol–water partition coefficient (Wildman–Crippen LogP) is 3.89. The highest BCUT2D eigenvalue weighted by Gasteiger charge is 2.12. The van der Waals surface area contributed by atoms with Crippen LogP contribution in [0.4, 0.5) is 0 Å². The van der Waals surface area contributed by atoms with E-state index in [-0.39, 0.29) is 5.91 Å². The fraction of sp³-hybridized carbons (Fsp3) is 0.174. The predicted molar refractivity (Wildman–Crippen MR) is 111 cm³/mol. The quantitative estimate of drug-likeness (QED) is 0.504. The second-order valence-corrected chi connectivity index (χ2v) is 7.00. The van der Waals surface area contributed by atoms with E-state index in [0.717, 1.165) is 17.0 Å². The van der Waals surface area contributed by atoms with Gasteiger partial charge in [0.05, 0.1) is 17.9 Å². The number of amides is 1. The first-order valence-electron chi connectivity index (χ1n) is 9.41. The Hall–Kier alpha value is -3.67. The molecule has 1 amide bonds. The molecule has 4 rings (SSSR count). The number of pyridine rings is 2. The Morgan fingerprint density at radius 1 is 1.03 bits per heavy atom. The maximum Gasteiger partial charge on any atom is 0.253 e. The number of imidazole rings is 1. The van der Waals surface area contributed by atoms with Gasteiger partial charge in [-0.1, -0.05) is 12.1 Å². The molecule has 0 saturated heterocycles. The van der Waals surface area contributed by atoms with Crippen LogP contribution in [-0.4, -0.2) is 32.2 Å². The molecule has 0 unspecified atom stereocenters. The van der Waals surface area contributed by atoms with Crippen molar-refractivity contribution >= 4 is 11.6 Å². The van der Waals surface area contributed by atoms with Gasteiger partial charge in [0.1, 0.15) is 18.0 Å².